The van der Waals surface area contributed by atoms with E-state index in [0.717, 1.165) is 25.3 Å². The van der Waals surface area contributed by atoms with Crippen LogP contribution in [0.15, 0.2) is 33.5 Å². The Morgan fingerprint density at radius 2 is 1.43 bits per heavy atom. The number of rotatable bonds is 9. The number of aliphatic hydroxyl groups is 9. The molecule has 0 aliphatic carbocycles. The third kappa shape index (κ3) is 7.10. The predicted molar refractivity (Wildman–Crippen MR) is 173 cm³/mol. The van der Waals surface area contributed by atoms with E-state index in [1.165, 1.54) is 13.0 Å². The first-order valence-corrected chi connectivity index (χ1v) is 16.5. The first-order chi connectivity index (χ1) is 25.6. The molecule has 3 fully saturated rings. The number of ether oxygens (including phenoxy) is 7. The number of methoxy groups -OCH3 is 1. The Kier molecular flexibility index (Phi) is 11.4. The molecular formula is C33H40O21. The Bertz CT molecular complexity index is 1870. The zero-order valence-electron chi connectivity index (χ0n) is 28.3. The average molecular weight is 773 g/mol. The van der Waals surface area contributed by atoms with Crippen molar-refractivity contribution < 1.29 is 98.9 Å². The zero-order chi connectivity index (χ0) is 39.3. The molecule has 0 amide bonds. The van der Waals surface area contributed by atoms with Crippen molar-refractivity contribution in [1.29, 1.82) is 0 Å². The van der Waals surface area contributed by atoms with Gasteiger partial charge in [0.15, 0.2) is 35.0 Å². The van der Waals surface area contributed by atoms with E-state index in [9.17, 15) is 66.1 Å². The van der Waals surface area contributed by atoms with Crippen LogP contribution in [0.1, 0.15) is 6.92 Å². The number of hydrogen-bond acceptors (Lipinski definition) is 21. The smallest absolute Gasteiger partial charge is 0.238 e. The van der Waals surface area contributed by atoms with Gasteiger partial charge in [0.1, 0.15) is 72.0 Å². The maximum atomic E-state index is 13.4. The van der Waals surface area contributed by atoms with Gasteiger partial charge in [-0.1, -0.05) is 0 Å². The van der Waals surface area contributed by atoms with Crippen molar-refractivity contribution in [2.75, 3.05) is 20.3 Å². The van der Waals surface area contributed by atoms with Crippen LogP contribution in [0.5, 0.6) is 34.5 Å². The number of aromatic hydroxyl groups is 3. The van der Waals surface area contributed by atoms with Crippen molar-refractivity contribution >= 4 is 11.0 Å². The molecule has 2 aromatic carbocycles. The van der Waals surface area contributed by atoms with E-state index >= 15 is 0 Å². The highest BCUT2D eigenvalue weighted by Crippen LogP contribution is 2.45. The van der Waals surface area contributed by atoms with Gasteiger partial charge in [0.2, 0.25) is 29.5 Å². The van der Waals surface area contributed by atoms with E-state index in [-0.39, 0.29) is 11.3 Å². The lowest BCUT2D eigenvalue weighted by Gasteiger charge is -2.44. The standard InChI is InChI=1S/C33H40O21/c1-9-18(37)23(42)26(45)32(49-9)52-15-6-14-17(22(41)29(15)47-2)21(40)24(43)28(50-14)10-3-4-11(35)13(5-10)51-33-27(46)30(20(39)16(7-34)53-33)54-31-25(44)19(38)12(36)8-48-31/h3-6,9,12,16,18-20,23,25-27,30-39,41-46H,7-8H2,1-2H3/t9-,12+,16+,18-,19-,20-,23+,25+,26+,27+,30-,31-,32-,33+/m0/s1. The fourth-order valence-electron chi connectivity index (χ4n) is 6.24. The Balaban J connectivity index is 1.32. The molecule has 4 heterocycles. The third-order valence-corrected chi connectivity index (χ3v) is 9.34. The Morgan fingerprint density at radius 3 is 2.11 bits per heavy atom. The number of benzene rings is 2. The van der Waals surface area contributed by atoms with E-state index in [4.69, 9.17) is 37.6 Å². The fourth-order valence-corrected chi connectivity index (χ4v) is 6.24. The van der Waals surface area contributed by atoms with E-state index in [0.29, 0.717) is 0 Å². The second-order valence-corrected chi connectivity index (χ2v) is 12.9. The summed E-state index contributed by atoms with van der Waals surface area (Å²) in [6.07, 6.45) is -22.7. The molecule has 6 rings (SSSR count). The maximum Gasteiger partial charge on any atom is 0.238 e. The molecule has 0 saturated carbocycles. The van der Waals surface area contributed by atoms with Crippen LogP contribution in [0.3, 0.4) is 0 Å². The Morgan fingerprint density at radius 1 is 0.759 bits per heavy atom. The van der Waals surface area contributed by atoms with Gasteiger partial charge in [-0.25, -0.2) is 0 Å². The minimum Gasteiger partial charge on any atom is -0.504 e. The molecule has 12 N–H and O–H groups in total. The van der Waals surface area contributed by atoms with Crippen LogP contribution in [-0.2, 0) is 18.9 Å². The first kappa shape index (κ1) is 39.6. The SMILES string of the molecule is COc1c(O[C@@H]2O[C@@H](C)[C@H](O)[C@@H](O)[C@H]2O)cc2oc(-c3ccc(O)c(O[C@@H]4O[C@H](CO)[C@H](O)[C@H](O[C@@H]5OC[C@@H](O)[C@H](O)[C@H]5O)[C@H]4O)c3)c(O)c(=O)c2c1O. The summed E-state index contributed by atoms with van der Waals surface area (Å²) in [6.45, 7) is 0.114. The van der Waals surface area contributed by atoms with Crippen molar-refractivity contribution in [2.24, 2.45) is 0 Å². The number of fused-ring (bicyclic) bond motifs is 1. The van der Waals surface area contributed by atoms with Crippen LogP contribution in [0.25, 0.3) is 22.3 Å². The van der Waals surface area contributed by atoms with Gasteiger partial charge in [0.05, 0.1) is 26.4 Å². The number of phenolic OH excluding ortho intramolecular Hbond substituents is 2. The van der Waals surface area contributed by atoms with Gasteiger partial charge >= 0.3 is 0 Å². The van der Waals surface area contributed by atoms with E-state index < -0.39 is 150 Å². The van der Waals surface area contributed by atoms with Gasteiger partial charge in [-0.2, -0.15) is 0 Å². The molecule has 3 saturated heterocycles. The van der Waals surface area contributed by atoms with Crippen LogP contribution in [0, 0.1) is 0 Å². The molecule has 14 atom stereocenters. The Labute approximate surface area is 303 Å². The van der Waals surface area contributed by atoms with Crippen LogP contribution in [0.2, 0.25) is 0 Å². The van der Waals surface area contributed by atoms with E-state index in [1.54, 1.807) is 0 Å². The maximum absolute atomic E-state index is 13.4. The van der Waals surface area contributed by atoms with Crippen molar-refractivity contribution in [2.45, 2.75) is 92.9 Å². The van der Waals surface area contributed by atoms with Crippen LogP contribution in [0.4, 0.5) is 0 Å². The summed E-state index contributed by atoms with van der Waals surface area (Å²) in [5.74, 6) is -4.22. The number of aliphatic hydroxyl groups excluding tert-OH is 9. The van der Waals surface area contributed by atoms with Crippen molar-refractivity contribution in [1.82, 2.24) is 0 Å². The molecule has 298 valence electrons. The normalized spacial score (nSPS) is 35.8. The highest BCUT2D eigenvalue weighted by atomic mass is 16.7. The molecule has 3 aromatic rings. The summed E-state index contributed by atoms with van der Waals surface area (Å²) in [5.41, 5.74) is -1.68. The lowest BCUT2D eigenvalue weighted by molar-refractivity contribution is -0.339. The van der Waals surface area contributed by atoms with Crippen molar-refractivity contribution in [3.05, 3.63) is 34.5 Å². The van der Waals surface area contributed by atoms with E-state index in [2.05, 4.69) is 0 Å². The summed E-state index contributed by atoms with van der Waals surface area (Å²) >= 11 is 0. The van der Waals surface area contributed by atoms with Gasteiger partial charge in [-0.05, 0) is 25.1 Å². The molecule has 0 unspecified atom stereocenters. The van der Waals surface area contributed by atoms with Gasteiger partial charge in [-0.15, -0.1) is 0 Å². The Hall–Kier alpha value is -4.07. The highest BCUT2D eigenvalue weighted by molar-refractivity contribution is 5.91. The molecule has 21 heteroatoms. The monoisotopic (exact) mass is 772 g/mol. The summed E-state index contributed by atoms with van der Waals surface area (Å²) in [5, 5.41) is 125. The second kappa shape index (κ2) is 15.6. The summed E-state index contributed by atoms with van der Waals surface area (Å²) in [4.78, 5) is 13.4. The molecule has 1 aromatic heterocycles. The average Bonchev–Trinajstić information content (AvgIpc) is 3.14. The molecule has 3 aliphatic rings. The van der Waals surface area contributed by atoms with Crippen molar-refractivity contribution in [3.63, 3.8) is 0 Å². The number of phenols is 2. The highest BCUT2D eigenvalue weighted by Gasteiger charge is 2.50. The van der Waals surface area contributed by atoms with Crippen LogP contribution < -0.4 is 19.6 Å². The van der Waals surface area contributed by atoms with Crippen LogP contribution >= 0.6 is 0 Å². The molecule has 0 bridgehead atoms. The van der Waals surface area contributed by atoms with Crippen molar-refractivity contribution in [3.8, 4) is 45.8 Å². The second-order valence-electron chi connectivity index (χ2n) is 12.9. The lowest BCUT2D eigenvalue weighted by atomic mass is 9.98. The molecule has 21 nitrogen and oxygen atoms in total. The van der Waals surface area contributed by atoms with Gasteiger partial charge < -0.3 is 98.9 Å². The minimum absolute atomic E-state index is 0.128. The molecule has 3 aliphatic heterocycles. The first-order valence-electron chi connectivity index (χ1n) is 16.5. The topological polar surface area (TPSA) is 338 Å². The van der Waals surface area contributed by atoms with Gasteiger partial charge in [0.25, 0.3) is 0 Å². The largest absolute Gasteiger partial charge is 0.504 e. The number of hydrogen-bond donors (Lipinski definition) is 12. The molecular weight excluding hydrogens is 732 g/mol. The lowest BCUT2D eigenvalue weighted by Crippen LogP contribution is -2.63. The van der Waals surface area contributed by atoms with Crippen LogP contribution in [-0.4, -0.2) is 168 Å². The summed E-state index contributed by atoms with van der Waals surface area (Å²) in [7, 11) is 1.12. The quantitative estimate of drug-likeness (QED) is 0.100. The zero-order valence-corrected chi connectivity index (χ0v) is 28.3. The molecule has 0 radical (unpaired) electrons. The van der Waals surface area contributed by atoms with Gasteiger partial charge in [0, 0.05) is 11.6 Å². The summed E-state index contributed by atoms with van der Waals surface area (Å²) in [6, 6.07) is 4.36. The predicted octanol–water partition coefficient (Wildman–Crippen LogP) is -3.57. The molecule has 54 heavy (non-hydrogen) atoms. The minimum atomic E-state index is -1.92. The summed E-state index contributed by atoms with van der Waals surface area (Å²) < 4.78 is 44.1. The third-order valence-electron chi connectivity index (χ3n) is 9.34. The van der Waals surface area contributed by atoms with Gasteiger partial charge in [-0.3, -0.25) is 4.79 Å². The fraction of sp³-hybridized carbons (Fsp3) is 0.545. The molecule has 0 spiro atoms. The van der Waals surface area contributed by atoms with E-state index in [1.807, 2.05) is 0 Å².